The Morgan fingerprint density at radius 2 is 1.92 bits per heavy atom. The Morgan fingerprint density at radius 1 is 1.11 bits per heavy atom. The van der Waals surface area contributed by atoms with Crippen LogP contribution in [-0.4, -0.2) is 33.1 Å². The lowest BCUT2D eigenvalue weighted by Gasteiger charge is -2.14. The average Bonchev–Trinajstić information content (AvgIpc) is 3.22. The second-order valence-corrected chi connectivity index (χ2v) is 9.11. The summed E-state index contributed by atoms with van der Waals surface area (Å²) in [5.41, 5.74) is 6.66. The average molecular weight is 563 g/mol. The van der Waals surface area contributed by atoms with Gasteiger partial charge >= 0.3 is 0 Å². The molecule has 0 spiro atoms. The van der Waals surface area contributed by atoms with Crippen molar-refractivity contribution in [2.24, 2.45) is 5.10 Å². The van der Waals surface area contributed by atoms with Crippen molar-refractivity contribution in [1.82, 2.24) is 19.7 Å². The van der Waals surface area contributed by atoms with Gasteiger partial charge in [0.2, 0.25) is 0 Å². The number of hydrazone groups is 1. The molecule has 1 N–H and O–H groups in total. The molecule has 0 saturated heterocycles. The van der Waals surface area contributed by atoms with Crippen LogP contribution in [0, 0.1) is 5.82 Å². The number of hydrogen-bond acceptors (Lipinski definition) is 7. The molecule has 5 rings (SSSR count). The predicted octanol–water partition coefficient (Wildman–Crippen LogP) is 6.32. The SMILES string of the molecule is CCCn1c2ccccc2c2nnc(N/N=C/c3cc(Br)c(OCc4ccccc4F)c(OC)c3)nc21. The van der Waals surface area contributed by atoms with E-state index in [2.05, 4.69) is 59.2 Å². The second-order valence-electron chi connectivity index (χ2n) is 8.26. The first-order chi connectivity index (χ1) is 18.1. The van der Waals surface area contributed by atoms with Gasteiger partial charge in [0, 0.05) is 17.5 Å². The Labute approximate surface area is 221 Å². The molecule has 0 bridgehead atoms. The van der Waals surface area contributed by atoms with Crippen LogP contribution in [0.1, 0.15) is 24.5 Å². The molecule has 0 aliphatic rings. The molecule has 0 aliphatic carbocycles. The quantitative estimate of drug-likeness (QED) is 0.167. The van der Waals surface area contributed by atoms with Gasteiger partial charge in [0.1, 0.15) is 17.9 Å². The molecule has 188 valence electrons. The predicted molar refractivity (Wildman–Crippen MR) is 146 cm³/mol. The minimum absolute atomic E-state index is 0.0677. The summed E-state index contributed by atoms with van der Waals surface area (Å²) < 4.78 is 28.1. The summed E-state index contributed by atoms with van der Waals surface area (Å²) in [6.45, 7) is 3.02. The van der Waals surface area contributed by atoms with E-state index < -0.39 is 0 Å². The Bertz CT molecular complexity index is 1600. The zero-order valence-corrected chi connectivity index (χ0v) is 21.9. The molecule has 0 saturated carbocycles. The molecular weight excluding hydrogens is 539 g/mol. The van der Waals surface area contributed by atoms with Crippen molar-refractivity contribution < 1.29 is 13.9 Å². The van der Waals surface area contributed by atoms with E-state index in [0.29, 0.717) is 27.5 Å². The molecule has 0 fully saturated rings. The van der Waals surface area contributed by atoms with E-state index in [4.69, 9.17) is 9.47 Å². The number of hydrogen-bond donors (Lipinski definition) is 1. The number of para-hydroxylation sites is 1. The van der Waals surface area contributed by atoms with E-state index in [1.54, 1.807) is 37.6 Å². The Morgan fingerprint density at radius 3 is 2.73 bits per heavy atom. The molecule has 0 aliphatic heterocycles. The molecule has 0 radical (unpaired) electrons. The summed E-state index contributed by atoms with van der Waals surface area (Å²) in [5, 5.41) is 13.9. The number of halogens is 2. The van der Waals surface area contributed by atoms with Gasteiger partial charge in [0.15, 0.2) is 17.1 Å². The molecule has 10 heteroatoms. The third-order valence-corrected chi connectivity index (χ3v) is 6.37. The fourth-order valence-electron chi connectivity index (χ4n) is 4.09. The number of benzene rings is 3. The fraction of sp³-hybridized carbons (Fsp3) is 0.185. The number of aryl methyl sites for hydroxylation is 1. The van der Waals surface area contributed by atoms with Crippen molar-refractivity contribution in [3.05, 3.63) is 82.1 Å². The summed E-state index contributed by atoms with van der Waals surface area (Å²) >= 11 is 3.52. The van der Waals surface area contributed by atoms with Crippen LogP contribution in [0.5, 0.6) is 11.5 Å². The van der Waals surface area contributed by atoms with Crippen molar-refractivity contribution in [3.63, 3.8) is 0 Å². The lowest BCUT2D eigenvalue weighted by molar-refractivity contribution is 0.278. The number of nitrogens with zero attached hydrogens (tertiary/aromatic N) is 5. The van der Waals surface area contributed by atoms with Gasteiger partial charge in [-0.1, -0.05) is 43.3 Å². The van der Waals surface area contributed by atoms with Crippen molar-refractivity contribution in [3.8, 4) is 11.5 Å². The van der Waals surface area contributed by atoms with Gasteiger partial charge in [-0.05, 0) is 52.2 Å². The van der Waals surface area contributed by atoms with Crippen LogP contribution in [0.25, 0.3) is 22.1 Å². The highest BCUT2D eigenvalue weighted by molar-refractivity contribution is 9.10. The van der Waals surface area contributed by atoms with Crippen LogP contribution < -0.4 is 14.9 Å². The van der Waals surface area contributed by atoms with Crippen molar-refractivity contribution >= 4 is 50.2 Å². The molecule has 2 aromatic heterocycles. The van der Waals surface area contributed by atoms with Gasteiger partial charge in [-0.2, -0.15) is 10.1 Å². The lowest BCUT2D eigenvalue weighted by Crippen LogP contribution is -2.03. The van der Waals surface area contributed by atoms with Crippen LogP contribution in [0.3, 0.4) is 0 Å². The maximum absolute atomic E-state index is 14.0. The topological polar surface area (TPSA) is 86.5 Å². The zero-order chi connectivity index (χ0) is 25.8. The van der Waals surface area contributed by atoms with Crippen molar-refractivity contribution in [2.45, 2.75) is 26.5 Å². The molecule has 5 aromatic rings. The zero-order valence-electron chi connectivity index (χ0n) is 20.3. The van der Waals surface area contributed by atoms with E-state index in [1.165, 1.54) is 6.07 Å². The third-order valence-electron chi connectivity index (χ3n) is 5.78. The van der Waals surface area contributed by atoms with Crippen LogP contribution in [0.2, 0.25) is 0 Å². The highest BCUT2D eigenvalue weighted by Gasteiger charge is 2.15. The fourth-order valence-corrected chi connectivity index (χ4v) is 4.66. The van der Waals surface area contributed by atoms with Crippen LogP contribution in [0.4, 0.5) is 10.3 Å². The van der Waals surface area contributed by atoms with Crippen LogP contribution >= 0.6 is 15.9 Å². The van der Waals surface area contributed by atoms with E-state index in [-0.39, 0.29) is 12.4 Å². The maximum Gasteiger partial charge on any atom is 0.265 e. The van der Waals surface area contributed by atoms with E-state index in [9.17, 15) is 4.39 Å². The number of fused-ring (bicyclic) bond motifs is 3. The van der Waals surface area contributed by atoms with Gasteiger partial charge in [-0.25, -0.2) is 9.82 Å². The summed E-state index contributed by atoms with van der Waals surface area (Å²) in [6, 6.07) is 18.2. The largest absolute Gasteiger partial charge is 0.493 e. The summed E-state index contributed by atoms with van der Waals surface area (Å²) in [6.07, 6.45) is 2.58. The molecular formula is C27H24BrFN6O2. The van der Waals surface area contributed by atoms with E-state index in [1.807, 2.05) is 24.3 Å². The smallest absolute Gasteiger partial charge is 0.265 e. The lowest BCUT2D eigenvalue weighted by atomic mass is 10.2. The standard InChI is InChI=1S/C27H24BrFN6O2/c1-3-12-35-22-11-7-5-9-19(22)24-26(35)31-27(34-32-24)33-30-15-17-13-20(28)25(23(14-17)36-2)37-16-18-8-4-6-10-21(18)29/h4-11,13-15H,3,12,16H2,1-2H3,(H,31,33,34)/b30-15+. The number of rotatable bonds is 9. The highest BCUT2D eigenvalue weighted by Crippen LogP contribution is 2.37. The number of methoxy groups -OCH3 is 1. The monoisotopic (exact) mass is 562 g/mol. The Hall–Kier alpha value is -4.05. The number of anilines is 1. The number of ether oxygens (including phenoxy) is 2. The Kier molecular flexibility index (Phi) is 7.27. The summed E-state index contributed by atoms with van der Waals surface area (Å²) in [5.74, 6) is 0.922. The molecule has 0 amide bonds. The molecule has 0 unspecified atom stereocenters. The first kappa shape index (κ1) is 24.6. The summed E-state index contributed by atoms with van der Waals surface area (Å²) in [7, 11) is 1.54. The molecule has 2 heterocycles. The normalized spacial score (nSPS) is 11.5. The van der Waals surface area contributed by atoms with E-state index in [0.717, 1.165) is 40.6 Å². The van der Waals surface area contributed by atoms with E-state index >= 15 is 0 Å². The highest BCUT2D eigenvalue weighted by atomic mass is 79.9. The molecule has 3 aromatic carbocycles. The molecule has 0 atom stereocenters. The van der Waals surface area contributed by atoms with Crippen LogP contribution in [-0.2, 0) is 13.2 Å². The summed E-state index contributed by atoms with van der Waals surface area (Å²) in [4.78, 5) is 4.67. The van der Waals surface area contributed by atoms with Crippen molar-refractivity contribution in [2.75, 3.05) is 12.5 Å². The number of aromatic nitrogens is 4. The minimum atomic E-state index is -0.322. The minimum Gasteiger partial charge on any atom is -0.493 e. The van der Waals surface area contributed by atoms with Crippen molar-refractivity contribution in [1.29, 1.82) is 0 Å². The number of nitrogens with one attached hydrogen (secondary N) is 1. The van der Waals surface area contributed by atoms with Gasteiger partial charge in [0.05, 0.1) is 23.3 Å². The Balaban J connectivity index is 1.35. The third kappa shape index (κ3) is 5.10. The van der Waals surface area contributed by atoms with Gasteiger partial charge in [-0.15, -0.1) is 10.2 Å². The first-order valence-corrected chi connectivity index (χ1v) is 12.5. The first-order valence-electron chi connectivity index (χ1n) is 11.7. The molecule has 37 heavy (non-hydrogen) atoms. The van der Waals surface area contributed by atoms with Gasteiger partial charge in [-0.3, -0.25) is 0 Å². The maximum atomic E-state index is 14.0. The molecule has 8 nitrogen and oxygen atoms in total. The van der Waals surface area contributed by atoms with Gasteiger partial charge < -0.3 is 14.0 Å². The second kappa shape index (κ2) is 10.9. The van der Waals surface area contributed by atoms with Crippen LogP contribution in [0.15, 0.2) is 70.2 Å². The van der Waals surface area contributed by atoms with Gasteiger partial charge in [0.25, 0.3) is 5.95 Å².